The molecule has 0 bridgehead atoms. The summed E-state index contributed by atoms with van der Waals surface area (Å²) in [5.74, 6) is -0.890. The largest absolute Gasteiger partial charge is 0.462 e. The number of carbonyl (C=O) groups excluding carboxylic acids is 3. The van der Waals surface area contributed by atoms with Crippen molar-refractivity contribution in [3.8, 4) is 0 Å². The van der Waals surface area contributed by atoms with Crippen LogP contribution in [0.2, 0.25) is 0 Å². The number of hydrogen-bond donors (Lipinski definition) is 0. The molecule has 1 atom stereocenters. The standard InChI is InChI=1S/C75H128O6/c1-4-7-10-13-16-19-22-25-28-29-30-31-32-33-34-35-36-37-38-39-40-41-42-43-44-45-46-47-48-51-53-56-59-62-65-68-74(77)80-71-72(81-75(78)69-66-63-60-57-54-50-27-24-21-18-15-12-9-6-3)70-79-73(76)67-64-61-58-55-52-49-26-23-20-17-14-11-8-5-2/h7,10,16,19,23-28,30-31,33-34,36-37,39-40,72H,4-6,8-9,11-15,17-18,20-22,29,32,35,38,41-71H2,1-3H3/b10-7-,19-16-,26-23-,27-24-,28-25-,31-30-,34-33-,37-36-,40-39-. The van der Waals surface area contributed by atoms with Crippen molar-refractivity contribution in [1.29, 1.82) is 0 Å². The van der Waals surface area contributed by atoms with E-state index in [1.54, 1.807) is 0 Å². The first kappa shape index (κ1) is 77.1. The quantitative estimate of drug-likeness (QED) is 0.0261. The summed E-state index contributed by atoms with van der Waals surface area (Å²) < 4.78 is 16.9. The van der Waals surface area contributed by atoms with E-state index in [0.717, 1.165) is 122 Å². The Hall–Kier alpha value is -3.93. The van der Waals surface area contributed by atoms with E-state index in [0.29, 0.717) is 19.3 Å². The van der Waals surface area contributed by atoms with Crippen LogP contribution < -0.4 is 0 Å². The lowest BCUT2D eigenvalue weighted by molar-refractivity contribution is -0.167. The maximum absolute atomic E-state index is 12.9. The zero-order valence-corrected chi connectivity index (χ0v) is 53.3. The summed E-state index contributed by atoms with van der Waals surface area (Å²) in [5.41, 5.74) is 0. The smallest absolute Gasteiger partial charge is 0.306 e. The minimum absolute atomic E-state index is 0.0823. The van der Waals surface area contributed by atoms with Crippen LogP contribution in [0.4, 0.5) is 0 Å². The molecule has 81 heavy (non-hydrogen) atoms. The Bertz CT molecular complexity index is 1620. The Morgan fingerprint density at radius 3 is 0.765 bits per heavy atom. The summed E-state index contributed by atoms with van der Waals surface area (Å²) in [7, 11) is 0. The topological polar surface area (TPSA) is 78.9 Å². The minimum atomic E-state index is -0.786. The van der Waals surface area contributed by atoms with Gasteiger partial charge in [0.1, 0.15) is 13.2 Å². The summed E-state index contributed by atoms with van der Waals surface area (Å²) in [6.07, 6.45) is 94.0. The molecule has 0 aliphatic rings. The fourth-order valence-electron chi connectivity index (χ4n) is 9.59. The van der Waals surface area contributed by atoms with E-state index in [1.165, 1.54) is 167 Å². The van der Waals surface area contributed by atoms with E-state index < -0.39 is 6.10 Å². The van der Waals surface area contributed by atoms with Crippen LogP contribution >= 0.6 is 0 Å². The average molecular weight is 1130 g/mol. The molecule has 0 spiro atoms. The zero-order valence-electron chi connectivity index (χ0n) is 53.3. The molecule has 0 saturated carbocycles. The van der Waals surface area contributed by atoms with Gasteiger partial charge in [0.05, 0.1) is 0 Å². The van der Waals surface area contributed by atoms with Gasteiger partial charge in [-0.1, -0.05) is 291 Å². The van der Waals surface area contributed by atoms with Crippen LogP contribution in [0.1, 0.15) is 329 Å². The molecule has 0 heterocycles. The van der Waals surface area contributed by atoms with Gasteiger partial charge in [-0.15, -0.1) is 0 Å². The van der Waals surface area contributed by atoms with Gasteiger partial charge in [-0.3, -0.25) is 14.4 Å². The normalized spacial score (nSPS) is 12.8. The zero-order chi connectivity index (χ0) is 58.5. The number of rotatable bonds is 62. The second-order valence-corrected chi connectivity index (χ2v) is 22.7. The molecule has 0 fully saturated rings. The second kappa shape index (κ2) is 68.6. The third kappa shape index (κ3) is 66.8. The third-order valence-electron chi connectivity index (χ3n) is 14.7. The first-order chi connectivity index (χ1) is 40.0. The number of unbranched alkanes of at least 4 members (excludes halogenated alkanes) is 33. The number of ether oxygens (including phenoxy) is 3. The van der Waals surface area contributed by atoms with Gasteiger partial charge in [0.25, 0.3) is 0 Å². The summed E-state index contributed by atoms with van der Waals surface area (Å²) in [6, 6.07) is 0. The molecular formula is C75H128O6. The van der Waals surface area contributed by atoms with Gasteiger partial charge in [-0.2, -0.15) is 0 Å². The van der Waals surface area contributed by atoms with E-state index in [9.17, 15) is 14.4 Å². The molecular weight excluding hydrogens is 997 g/mol. The van der Waals surface area contributed by atoms with Crippen molar-refractivity contribution in [1.82, 2.24) is 0 Å². The van der Waals surface area contributed by atoms with Crippen molar-refractivity contribution in [2.45, 2.75) is 335 Å². The fraction of sp³-hybridized carbons (Fsp3) is 0.720. The summed E-state index contributed by atoms with van der Waals surface area (Å²) in [5, 5.41) is 0. The molecule has 0 aliphatic carbocycles. The molecule has 6 nitrogen and oxygen atoms in total. The van der Waals surface area contributed by atoms with E-state index in [2.05, 4.69) is 130 Å². The number of hydrogen-bond acceptors (Lipinski definition) is 6. The molecule has 0 aromatic heterocycles. The first-order valence-corrected chi connectivity index (χ1v) is 34.4. The van der Waals surface area contributed by atoms with Crippen molar-refractivity contribution in [2.75, 3.05) is 13.2 Å². The van der Waals surface area contributed by atoms with Gasteiger partial charge < -0.3 is 14.2 Å². The molecule has 0 rings (SSSR count). The van der Waals surface area contributed by atoms with Crippen LogP contribution in [0.3, 0.4) is 0 Å². The Morgan fingerprint density at radius 2 is 0.481 bits per heavy atom. The van der Waals surface area contributed by atoms with Crippen molar-refractivity contribution < 1.29 is 28.6 Å². The highest BCUT2D eigenvalue weighted by Crippen LogP contribution is 2.16. The van der Waals surface area contributed by atoms with Crippen molar-refractivity contribution in [3.63, 3.8) is 0 Å². The second-order valence-electron chi connectivity index (χ2n) is 22.7. The lowest BCUT2D eigenvalue weighted by Crippen LogP contribution is -2.30. The Morgan fingerprint density at radius 1 is 0.259 bits per heavy atom. The number of allylic oxidation sites excluding steroid dienone is 18. The maximum atomic E-state index is 12.9. The SMILES string of the molecule is CC/C=C\C/C=C\C/C=C\C/C=C\C/C=C\C/C=C\C/C=C\CCCCCCCCCCCCCCCC(=O)OCC(COC(=O)CCCCCCC/C=C\CCCCCCC)OC(=O)CCCCCCC/C=C\CCCCCCC. The minimum Gasteiger partial charge on any atom is -0.462 e. The van der Waals surface area contributed by atoms with Gasteiger partial charge in [-0.05, 0) is 128 Å². The predicted molar refractivity (Wildman–Crippen MR) is 353 cm³/mol. The molecule has 0 aliphatic heterocycles. The predicted octanol–water partition coefficient (Wildman–Crippen LogP) is 23.8. The Labute approximate surface area is 501 Å². The monoisotopic (exact) mass is 1120 g/mol. The summed E-state index contributed by atoms with van der Waals surface area (Å²) in [6.45, 7) is 6.52. The first-order valence-electron chi connectivity index (χ1n) is 34.4. The van der Waals surface area contributed by atoms with Gasteiger partial charge in [-0.25, -0.2) is 0 Å². The molecule has 0 amide bonds. The van der Waals surface area contributed by atoms with E-state index in [1.807, 2.05) is 0 Å². The Kier molecular flexibility index (Phi) is 65.2. The summed E-state index contributed by atoms with van der Waals surface area (Å²) in [4.78, 5) is 38.3. The Balaban J connectivity index is 4.18. The van der Waals surface area contributed by atoms with Crippen molar-refractivity contribution in [3.05, 3.63) is 109 Å². The highest BCUT2D eigenvalue weighted by Gasteiger charge is 2.19. The highest BCUT2D eigenvalue weighted by molar-refractivity contribution is 5.71. The van der Waals surface area contributed by atoms with E-state index >= 15 is 0 Å². The molecule has 1 unspecified atom stereocenters. The molecule has 0 N–H and O–H groups in total. The van der Waals surface area contributed by atoms with Gasteiger partial charge >= 0.3 is 17.9 Å². The van der Waals surface area contributed by atoms with Crippen LogP contribution in [-0.2, 0) is 28.6 Å². The molecule has 0 aromatic rings. The highest BCUT2D eigenvalue weighted by atomic mass is 16.6. The average Bonchev–Trinajstić information content (AvgIpc) is 3.47. The maximum Gasteiger partial charge on any atom is 0.306 e. The molecule has 464 valence electrons. The lowest BCUT2D eigenvalue weighted by Gasteiger charge is -2.18. The van der Waals surface area contributed by atoms with Crippen LogP contribution in [0.15, 0.2) is 109 Å². The van der Waals surface area contributed by atoms with Gasteiger partial charge in [0.2, 0.25) is 0 Å². The number of carbonyl (C=O) groups is 3. The van der Waals surface area contributed by atoms with Gasteiger partial charge in [0, 0.05) is 19.3 Å². The summed E-state index contributed by atoms with van der Waals surface area (Å²) >= 11 is 0. The molecule has 0 saturated heterocycles. The van der Waals surface area contributed by atoms with E-state index in [-0.39, 0.29) is 31.1 Å². The van der Waals surface area contributed by atoms with Gasteiger partial charge in [0.15, 0.2) is 6.10 Å². The van der Waals surface area contributed by atoms with Crippen molar-refractivity contribution >= 4 is 17.9 Å². The molecule has 6 heteroatoms. The van der Waals surface area contributed by atoms with Crippen LogP contribution in [0.5, 0.6) is 0 Å². The number of esters is 3. The molecule has 0 radical (unpaired) electrons. The third-order valence-corrected chi connectivity index (χ3v) is 14.7. The van der Waals surface area contributed by atoms with Crippen LogP contribution in [0.25, 0.3) is 0 Å². The molecule has 0 aromatic carbocycles. The fourth-order valence-corrected chi connectivity index (χ4v) is 9.59. The van der Waals surface area contributed by atoms with Crippen LogP contribution in [-0.4, -0.2) is 37.2 Å². The van der Waals surface area contributed by atoms with E-state index in [4.69, 9.17) is 14.2 Å². The van der Waals surface area contributed by atoms with Crippen LogP contribution in [0, 0.1) is 0 Å². The van der Waals surface area contributed by atoms with Crippen molar-refractivity contribution in [2.24, 2.45) is 0 Å². The lowest BCUT2D eigenvalue weighted by atomic mass is 10.0.